The summed E-state index contributed by atoms with van der Waals surface area (Å²) in [6, 6.07) is 16.7. The smallest absolute Gasteiger partial charge is 0.343 e. The molecule has 34 heavy (non-hydrogen) atoms. The molecule has 3 aromatic carbocycles. The Morgan fingerprint density at radius 3 is 2.09 bits per heavy atom. The summed E-state index contributed by atoms with van der Waals surface area (Å²) in [4.78, 5) is 39.2. The zero-order chi connectivity index (χ0) is 24.6. The number of esters is 1. The molecule has 0 spiro atoms. The van der Waals surface area contributed by atoms with Crippen LogP contribution >= 0.6 is 23.2 Å². The maximum absolute atomic E-state index is 13.0. The van der Waals surface area contributed by atoms with E-state index in [1.165, 1.54) is 0 Å². The number of carbonyl (C=O) groups excluding carboxylic acids is 3. The maximum atomic E-state index is 13.0. The Balaban J connectivity index is 1.49. The number of aryl methyl sites for hydroxylation is 3. The number of ether oxygens (including phenoxy) is 1. The van der Waals surface area contributed by atoms with E-state index in [1.54, 1.807) is 61.5 Å². The van der Waals surface area contributed by atoms with Crippen LogP contribution in [0.25, 0.3) is 0 Å². The molecule has 8 heteroatoms. The van der Waals surface area contributed by atoms with E-state index in [0.29, 0.717) is 27.7 Å². The number of amides is 2. The molecule has 0 unspecified atom stereocenters. The third kappa shape index (κ3) is 4.42. The van der Waals surface area contributed by atoms with Gasteiger partial charge in [-0.2, -0.15) is 0 Å². The maximum Gasteiger partial charge on any atom is 0.343 e. The number of para-hydroxylation sites is 1. The van der Waals surface area contributed by atoms with Crippen LogP contribution in [0.4, 0.5) is 11.4 Å². The van der Waals surface area contributed by atoms with Gasteiger partial charge in [0, 0.05) is 10.7 Å². The minimum Gasteiger partial charge on any atom is -0.423 e. The monoisotopic (exact) mass is 494 g/mol. The molecule has 1 N–H and O–H groups in total. The Labute approximate surface area is 206 Å². The lowest BCUT2D eigenvalue weighted by Crippen LogP contribution is -2.32. The Bertz CT molecular complexity index is 1340. The van der Waals surface area contributed by atoms with Gasteiger partial charge in [-0.05, 0) is 79.9 Å². The summed E-state index contributed by atoms with van der Waals surface area (Å²) in [5, 5.41) is 3.32. The van der Waals surface area contributed by atoms with Gasteiger partial charge < -0.3 is 10.1 Å². The molecule has 0 aromatic heterocycles. The van der Waals surface area contributed by atoms with Gasteiger partial charge in [-0.3, -0.25) is 9.59 Å². The molecule has 0 saturated heterocycles. The molecule has 4 rings (SSSR count). The van der Waals surface area contributed by atoms with Gasteiger partial charge in [-0.15, -0.1) is 0 Å². The first kappa shape index (κ1) is 23.5. The minimum absolute atomic E-state index is 0.0302. The number of anilines is 2. The zero-order valence-electron chi connectivity index (χ0n) is 18.6. The molecule has 1 heterocycles. The number of rotatable bonds is 5. The van der Waals surface area contributed by atoms with Crippen LogP contribution in [0.1, 0.15) is 27.0 Å². The van der Waals surface area contributed by atoms with Crippen molar-refractivity contribution < 1.29 is 19.1 Å². The third-order valence-corrected chi connectivity index (χ3v) is 6.34. The summed E-state index contributed by atoms with van der Waals surface area (Å²) in [5.74, 6) is -1.30. The van der Waals surface area contributed by atoms with E-state index in [9.17, 15) is 14.4 Å². The normalized spacial score (nSPS) is 13.5. The van der Waals surface area contributed by atoms with Crippen molar-refractivity contribution in [1.82, 2.24) is 0 Å². The molecule has 1 aliphatic rings. The molecule has 0 saturated carbocycles. The Morgan fingerprint density at radius 1 is 0.853 bits per heavy atom. The molecular weight excluding hydrogens is 475 g/mol. The average molecular weight is 495 g/mol. The van der Waals surface area contributed by atoms with Crippen LogP contribution < -0.4 is 15.0 Å². The van der Waals surface area contributed by atoms with Crippen molar-refractivity contribution in [2.24, 2.45) is 0 Å². The molecule has 172 valence electrons. The summed E-state index contributed by atoms with van der Waals surface area (Å²) in [6.07, 6.45) is 0. The predicted octanol–water partition coefficient (Wildman–Crippen LogP) is 5.92. The molecule has 2 amide bonds. The molecule has 0 bridgehead atoms. The van der Waals surface area contributed by atoms with Gasteiger partial charge in [-0.1, -0.05) is 41.4 Å². The highest BCUT2D eigenvalue weighted by Gasteiger charge is 2.39. The van der Waals surface area contributed by atoms with E-state index in [0.717, 1.165) is 21.6 Å². The van der Waals surface area contributed by atoms with Crippen molar-refractivity contribution in [3.05, 3.63) is 98.7 Å². The van der Waals surface area contributed by atoms with Gasteiger partial charge in [0.05, 0.1) is 11.3 Å². The minimum atomic E-state index is -0.600. The molecule has 6 nitrogen and oxygen atoms in total. The molecule has 0 radical (unpaired) electrons. The number of nitrogens with zero attached hydrogens (tertiary/aromatic N) is 1. The van der Waals surface area contributed by atoms with Crippen LogP contribution in [0.5, 0.6) is 5.75 Å². The van der Waals surface area contributed by atoms with E-state index < -0.39 is 17.8 Å². The second kappa shape index (κ2) is 9.33. The van der Waals surface area contributed by atoms with E-state index >= 15 is 0 Å². The van der Waals surface area contributed by atoms with Gasteiger partial charge in [0.25, 0.3) is 11.8 Å². The van der Waals surface area contributed by atoms with E-state index in [2.05, 4.69) is 5.32 Å². The molecular formula is C26H20Cl2N2O4. The van der Waals surface area contributed by atoms with Crippen LogP contribution in [0.3, 0.4) is 0 Å². The van der Waals surface area contributed by atoms with Crippen LogP contribution in [0, 0.1) is 20.8 Å². The Morgan fingerprint density at radius 2 is 1.47 bits per heavy atom. The molecule has 3 aromatic rings. The van der Waals surface area contributed by atoms with E-state index in [1.807, 2.05) is 19.9 Å². The fourth-order valence-electron chi connectivity index (χ4n) is 3.61. The summed E-state index contributed by atoms with van der Waals surface area (Å²) >= 11 is 12.4. The largest absolute Gasteiger partial charge is 0.423 e. The van der Waals surface area contributed by atoms with E-state index in [4.69, 9.17) is 27.9 Å². The van der Waals surface area contributed by atoms with Crippen molar-refractivity contribution in [2.45, 2.75) is 20.8 Å². The van der Waals surface area contributed by atoms with E-state index in [-0.39, 0.29) is 10.7 Å². The van der Waals surface area contributed by atoms with Crippen molar-refractivity contribution in [2.75, 3.05) is 10.2 Å². The lowest BCUT2D eigenvalue weighted by molar-refractivity contribution is -0.120. The number of hydrogen-bond acceptors (Lipinski definition) is 5. The van der Waals surface area contributed by atoms with Crippen molar-refractivity contribution in [3.63, 3.8) is 0 Å². The Hall–Kier alpha value is -3.61. The Kier molecular flexibility index (Phi) is 6.46. The van der Waals surface area contributed by atoms with Crippen molar-refractivity contribution in [3.8, 4) is 5.75 Å². The SMILES string of the molecule is Cc1ccccc1N1C(=O)C(Cl)=C(Nc2ccc(C(=O)Oc3cc(C)c(Cl)c(C)c3)cc2)C1=O. The highest BCUT2D eigenvalue weighted by molar-refractivity contribution is 6.53. The molecule has 0 atom stereocenters. The summed E-state index contributed by atoms with van der Waals surface area (Å²) in [5.41, 5.74) is 3.62. The van der Waals surface area contributed by atoms with Crippen LogP contribution in [-0.4, -0.2) is 17.8 Å². The van der Waals surface area contributed by atoms with Crippen molar-refractivity contribution >= 4 is 52.4 Å². The lowest BCUT2D eigenvalue weighted by Gasteiger charge is -2.17. The fourth-order valence-corrected chi connectivity index (χ4v) is 3.93. The summed E-state index contributed by atoms with van der Waals surface area (Å²) < 4.78 is 5.46. The van der Waals surface area contributed by atoms with Crippen LogP contribution in [0.2, 0.25) is 5.02 Å². The summed E-state index contributed by atoms with van der Waals surface area (Å²) in [6.45, 7) is 5.48. The van der Waals surface area contributed by atoms with Gasteiger partial charge >= 0.3 is 5.97 Å². The first-order chi connectivity index (χ1) is 16.2. The van der Waals surface area contributed by atoms with Gasteiger partial charge in [0.2, 0.25) is 0 Å². The predicted molar refractivity (Wildman–Crippen MR) is 133 cm³/mol. The van der Waals surface area contributed by atoms with Gasteiger partial charge in [0.15, 0.2) is 0 Å². The highest BCUT2D eigenvalue weighted by atomic mass is 35.5. The average Bonchev–Trinajstić information content (AvgIpc) is 3.01. The third-order valence-electron chi connectivity index (χ3n) is 5.39. The molecule has 1 aliphatic heterocycles. The number of nitrogens with one attached hydrogen (secondary N) is 1. The number of carbonyl (C=O) groups is 3. The number of imide groups is 1. The quantitative estimate of drug-likeness (QED) is 0.270. The zero-order valence-corrected chi connectivity index (χ0v) is 20.1. The van der Waals surface area contributed by atoms with Crippen LogP contribution in [0.15, 0.2) is 71.4 Å². The lowest BCUT2D eigenvalue weighted by atomic mass is 10.1. The van der Waals surface area contributed by atoms with Crippen molar-refractivity contribution in [1.29, 1.82) is 0 Å². The topological polar surface area (TPSA) is 75.7 Å². The van der Waals surface area contributed by atoms with Gasteiger partial charge in [0.1, 0.15) is 16.5 Å². The number of halogens is 2. The second-order valence-electron chi connectivity index (χ2n) is 7.88. The highest BCUT2D eigenvalue weighted by Crippen LogP contribution is 2.32. The first-order valence-corrected chi connectivity index (χ1v) is 11.1. The fraction of sp³-hybridized carbons (Fsp3) is 0.115. The molecule has 0 aliphatic carbocycles. The van der Waals surface area contributed by atoms with Crippen LogP contribution in [-0.2, 0) is 9.59 Å². The number of benzene rings is 3. The first-order valence-electron chi connectivity index (χ1n) is 10.4. The molecule has 0 fully saturated rings. The standard InChI is InChI=1S/C26H20Cl2N2O4/c1-14-6-4-5-7-20(14)30-24(31)22(28)23(25(30)32)29-18-10-8-17(9-11-18)26(33)34-19-12-15(2)21(27)16(3)13-19/h4-13,29H,1-3H3. The summed E-state index contributed by atoms with van der Waals surface area (Å²) in [7, 11) is 0. The second-order valence-corrected chi connectivity index (χ2v) is 8.64. The van der Waals surface area contributed by atoms with Gasteiger partial charge in [-0.25, -0.2) is 9.69 Å². The number of hydrogen-bond donors (Lipinski definition) is 1.